The predicted octanol–water partition coefficient (Wildman–Crippen LogP) is 3.15. The number of rotatable bonds is 4. The molecule has 19 heavy (non-hydrogen) atoms. The number of aromatic nitrogens is 3. The van der Waals surface area contributed by atoms with E-state index < -0.39 is 0 Å². The summed E-state index contributed by atoms with van der Waals surface area (Å²) in [6.45, 7) is 4.43. The summed E-state index contributed by atoms with van der Waals surface area (Å²) >= 11 is 5.79. The first-order chi connectivity index (χ1) is 9.08. The molecule has 5 nitrogen and oxygen atoms in total. The normalized spacial score (nSPS) is 10.3. The van der Waals surface area contributed by atoms with Crippen molar-refractivity contribution in [1.29, 1.82) is 0 Å². The molecule has 1 aromatic carbocycles. The summed E-state index contributed by atoms with van der Waals surface area (Å²) in [4.78, 5) is 11.9. The van der Waals surface area contributed by atoms with Crippen LogP contribution in [0.15, 0.2) is 18.2 Å². The van der Waals surface area contributed by atoms with Crippen LogP contribution >= 0.6 is 11.6 Å². The maximum absolute atomic E-state index is 13.6. The lowest BCUT2D eigenvalue weighted by Crippen LogP contribution is -2.07. The monoisotopic (exact) mass is 281 g/mol. The first kappa shape index (κ1) is 13.5. The second kappa shape index (κ2) is 5.79. The van der Waals surface area contributed by atoms with Crippen LogP contribution in [0.4, 0.5) is 22.0 Å². The molecule has 7 heteroatoms. The van der Waals surface area contributed by atoms with Gasteiger partial charge in [-0.1, -0.05) is 6.07 Å². The Bertz CT molecular complexity index is 590. The zero-order chi connectivity index (χ0) is 13.8. The molecule has 0 aliphatic carbocycles. The highest BCUT2D eigenvalue weighted by Gasteiger charge is 2.07. The second-order valence-corrected chi connectivity index (χ2v) is 4.23. The van der Waals surface area contributed by atoms with Crippen molar-refractivity contribution in [2.24, 2.45) is 0 Å². The van der Waals surface area contributed by atoms with Crippen molar-refractivity contribution in [2.75, 3.05) is 17.2 Å². The summed E-state index contributed by atoms with van der Waals surface area (Å²) < 4.78 is 13.6. The third kappa shape index (κ3) is 3.51. The predicted molar refractivity (Wildman–Crippen MR) is 73.4 cm³/mol. The minimum atomic E-state index is -0.382. The van der Waals surface area contributed by atoms with Gasteiger partial charge in [-0.05, 0) is 43.1 Å². The summed E-state index contributed by atoms with van der Waals surface area (Å²) in [7, 11) is 0. The van der Waals surface area contributed by atoms with E-state index in [0.717, 1.165) is 5.56 Å². The van der Waals surface area contributed by atoms with Crippen molar-refractivity contribution < 1.29 is 4.39 Å². The van der Waals surface area contributed by atoms with E-state index in [9.17, 15) is 4.39 Å². The van der Waals surface area contributed by atoms with E-state index in [1.807, 2.05) is 13.8 Å². The molecule has 0 aliphatic rings. The molecule has 0 bridgehead atoms. The highest BCUT2D eigenvalue weighted by molar-refractivity contribution is 6.28. The third-order valence-electron chi connectivity index (χ3n) is 2.31. The van der Waals surface area contributed by atoms with Crippen LogP contribution in [0.2, 0.25) is 5.28 Å². The second-order valence-electron chi connectivity index (χ2n) is 3.89. The number of halogens is 2. The maximum Gasteiger partial charge on any atom is 0.233 e. The molecular weight excluding hydrogens is 269 g/mol. The molecule has 0 unspecified atom stereocenters. The first-order valence-corrected chi connectivity index (χ1v) is 6.15. The maximum atomic E-state index is 13.6. The third-order valence-corrected chi connectivity index (χ3v) is 2.48. The zero-order valence-corrected chi connectivity index (χ0v) is 11.3. The molecule has 2 rings (SSSR count). The molecule has 0 aliphatic heterocycles. The van der Waals surface area contributed by atoms with Gasteiger partial charge in [-0.25, -0.2) is 4.39 Å². The lowest BCUT2D eigenvalue weighted by atomic mass is 10.2. The molecule has 1 heterocycles. The van der Waals surface area contributed by atoms with Gasteiger partial charge in [0.25, 0.3) is 0 Å². The fraction of sp³-hybridized carbons (Fsp3) is 0.250. The van der Waals surface area contributed by atoms with E-state index in [2.05, 4.69) is 25.6 Å². The molecule has 0 atom stereocenters. The van der Waals surface area contributed by atoms with Crippen molar-refractivity contribution >= 4 is 29.2 Å². The summed E-state index contributed by atoms with van der Waals surface area (Å²) in [6, 6.07) is 4.73. The van der Waals surface area contributed by atoms with Gasteiger partial charge in [-0.3, -0.25) is 0 Å². The topological polar surface area (TPSA) is 62.7 Å². The summed E-state index contributed by atoms with van der Waals surface area (Å²) in [5.74, 6) is 0.158. The van der Waals surface area contributed by atoms with Crippen molar-refractivity contribution in [3.63, 3.8) is 0 Å². The van der Waals surface area contributed by atoms with Gasteiger partial charge in [0.2, 0.25) is 17.2 Å². The Morgan fingerprint density at radius 2 is 1.95 bits per heavy atom. The number of aryl methyl sites for hydroxylation is 1. The molecule has 2 aromatic rings. The molecular formula is C12H13ClFN5. The van der Waals surface area contributed by atoms with Gasteiger partial charge in [0.15, 0.2) is 0 Å². The SMILES string of the molecule is CCNc1nc(Cl)nc(Nc2cc(C)ccc2F)n1. The Morgan fingerprint density at radius 1 is 1.21 bits per heavy atom. The van der Waals surface area contributed by atoms with Crippen LogP contribution in [0.5, 0.6) is 0 Å². The highest BCUT2D eigenvalue weighted by Crippen LogP contribution is 2.20. The van der Waals surface area contributed by atoms with Gasteiger partial charge in [0.1, 0.15) is 5.82 Å². The zero-order valence-electron chi connectivity index (χ0n) is 10.5. The Kier molecular flexibility index (Phi) is 4.11. The van der Waals surface area contributed by atoms with E-state index >= 15 is 0 Å². The van der Waals surface area contributed by atoms with Crippen LogP contribution < -0.4 is 10.6 Å². The van der Waals surface area contributed by atoms with E-state index in [0.29, 0.717) is 18.2 Å². The summed E-state index contributed by atoms with van der Waals surface area (Å²) in [5, 5.41) is 5.75. The van der Waals surface area contributed by atoms with Gasteiger partial charge in [0, 0.05) is 6.54 Å². The van der Waals surface area contributed by atoms with Gasteiger partial charge < -0.3 is 10.6 Å². The van der Waals surface area contributed by atoms with Crippen LogP contribution in [-0.4, -0.2) is 21.5 Å². The van der Waals surface area contributed by atoms with Crippen LogP contribution in [-0.2, 0) is 0 Å². The quantitative estimate of drug-likeness (QED) is 0.901. The molecule has 100 valence electrons. The van der Waals surface area contributed by atoms with Crippen LogP contribution in [0.3, 0.4) is 0 Å². The van der Waals surface area contributed by atoms with Crippen molar-refractivity contribution in [1.82, 2.24) is 15.0 Å². The number of hydrogen-bond donors (Lipinski definition) is 2. The smallest absolute Gasteiger partial charge is 0.233 e. The first-order valence-electron chi connectivity index (χ1n) is 5.77. The minimum absolute atomic E-state index is 0.0431. The molecule has 0 spiro atoms. The van der Waals surface area contributed by atoms with E-state index in [1.54, 1.807) is 12.1 Å². The van der Waals surface area contributed by atoms with Gasteiger partial charge in [0.05, 0.1) is 5.69 Å². The number of hydrogen-bond acceptors (Lipinski definition) is 5. The average molecular weight is 282 g/mol. The molecule has 2 N–H and O–H groups in total. The van der Waals surface area contributed by atoms with Crippen molar-refractivity contribution in [3.8, 4) is 0 Å². The van der Waals surface area contributed by atoms with E-state index in [1.165, 1.54) is 6.07 Å². The van der Waals surface area contributed by atoms with Gasteiger partial charge >= 0.3 is 0 Å². The van der Waals surface area contributed by atoms with Gasteiger partial charge in [-0.2, -0.15) is 15.0 Å². The molecule has 0 amide bonds. The van der Waals surface area contributed by atoms with Crippen molar-refractivity contribution in [2.45, 2.75) is 13.8 Å². The van der Waals surface area contributed by atoms with Crippen LogP contribution in [0.25, 0.3) is 0 Å². The van der Waals surface area contributed by atoms with Crippen molar-refractivity contribution in [3.05, 3.63) is 34.9 Å². The number of benzene rings is 1. The molecule has 0 saturated carbocycles. The standard InChI is InChI=1S/C12H13ClFN5/c1-3-15-11-17-10(13)18-12(19-11)16-9-6-7(2)4-5-8(9)14/h4-6H,3H2,1-2H3,(H2,15,16,17,18,19). The van der Waals surface area contributed by atoms with E-state index in [4.69, 9.17) is 11.6 Å². The largest absolute Gasteiger partial charge is 0.354 e. The number of nitrogens with zero attached hydrogens (tertiary/aromatic N) is 3. The molecule has 0 saturated heterocycles. The Labute approximate surface area is 115 Å². The molecule has 1 aromatic heterocycles. The molecule has 0 radical (unpaired) electrons. The summed E-state index contributed by atoms with van der Waals surface area (Å²) in [6.07, 6.45) is 0. The minimum Gasteiger partial charge on any atom is -0.354 e. The van der Waals surface area contributed by atoms with Crippen LogP contribution in [0.1, 0.15) is 12.5 Å². The highest BCUT2D eigenvalue weighted by atomic mass is 35.5. The molecule has 0 fully saturated rings. The van der Waals surface area contributed by atoms with E-state index in [-0.39, 0.29) is 17.0 Å². The number of anilines is 3. The lowest BCUT2D eigenvalue weighted by molar-refractivity contribution is 0.631. The Balaban J connectivity index is 2.29. The number of nitrogens with one attached hydrogen (secondary N) is 2. The average Bonchev–Trinajstić information content (AvgIpc) is 2.33. The fourth-order valence-electron chi connectivity index (χ4n) is 1.50. The van der Waals surface area contributed by atoms with Gasteiger partial charge in [-0.15, -0.1) is 0 Å². The summed E-state index contributed by atoms with van der Waals surface area (Å²) in [5.41, 5.74) is 1.22. The Morgan fingerprint density at radius 3 is 2.68 bits per heavy atom. The lowest BCUT2D eigenvalue weighted by Gasteiger charge is -2.08. The Hall–Kier alpha value is -1.95. The fourth-order valence-corrected chi connectivity index (χ4v) is 1.66. The van der Waals surface area contributed by atoms with Crippen LogP contribution in [0, 0.1) is 12.7 Å².